The molecule has 0 aliphatic carbocycles. The van der Waals surface area contributed by atoms with Gasteiger partial charge in [-0.1, -0.05) is 24.3 Å². The molecule has 118 valence electrons. The molecule has 3 heterocycles. The van der Waals surface area contributed by atoms with Gasteiger partial charge in [0.2, 0.25) is 5.91 Å². The van der Waals surface area contributed by atoms with Crippen molar-refractivity contribution in [2.45, 2.75) is 25.6 Å². The van der Waals surface area contributed by atoms with Crippen molar-refractivity contribution in [1.29, 1.82) is 0 Å². The van der Waals surface area contributed by atoms with Gasteiger partial charge in [-0.3, -0.25) is 9.59 Å². The highest BCUT2D eigenvalue weighted by molar-refractivity contribution is 5.97. The zero-order valence-corrected chi connectivity index (χ0v) is 13.1. The Bertz CT molecular complexity index is 780. The molecule has 23 heavy (non-hydrogen) atoms. The first kappa shape index (κ1) is 14.1. The predicted octanol–water partition coefficient (Wildman–Crippen LogP) is 1.53. The predicted molar refractivity (Wildman–Crippen MR) is 85.9 cm³/mol. The van der Waals surface area contributed by atoms with Gasteiger partial charge in [0.15, 0.2) is 0 Å². The van der Waals surface area contributed by atoms with E-state index in [4.69, 9.17) is 0 Å². The van der Waals surface area contributed by atoms with Crippen LogP contribution in [0.5, 0.6) is 0 Å². The van der Waals surface area contributed by atoms with E-state index in [1.165, 1.54) is 11.1 Å². The summed E-state index contributed by atoms with van der Waals surface area (Å²) in [6, 6.07) is 11.5. The Labute approximate surface area is 135 Å². The van der Waals surface area contributed by atoms with Crippen LogP contribution in [0.3, 0.4) is 0 Å². The summed E-state index contributed by atoms with van der Waals surface area (Å²) < 4.78 is 1.88. The monoisotopic (exact) mass is 309 g/mol. The van der Waals surface area contributed by atoms with E-state index in [0.29, 0.717) is 25.3 Å². The molecule has 0 spiro atoms. The molecule has 0 N–H and O–H groups in total. The van der Waals surface area contributed by atoms with Gasteiger partial charge in [0.05, 0.1) is 6.54 Å². The molecule has 0 saturated carbocycles. The number of hydrogen-bond donors (Lipinski definition) is 0. The van der Waals surface area contributed by atoms with Crippen molar-refractivity contribution in [1.82, 2.24) is 14.4 Å². The molecule has 2 aromatic rings. The third kappa shape index (κ3) is 2.23. The summed E-state index contributed by atoms with van der Waals surface area (Å²) in [6.07, 6.45) is 2.74. The average Bonchev–Trinajstić information content (AvgIpc) is 3.06. The molecule has 1 atom stereocenters. The third-order valence-electron chi connectivity index (χ3n) is 4.93. The average molecular weight is 309 g/mol. The van der Waals surface area contributed by atoms with Crippen LogP contribution in [0.25, 0.3) is 0 Å². The summed E-state index contributed by atoms with van der Waals surface area (Å²) in [5.74, 6) is -0.0493. The Balaban J connectivity index is 1.57. The van der Waals surface area contributed by atoms with Gasteiger partial charge < -0.3 is 14.4 Å². The summed E-state index contributed by atoms with van der Waals surface area (Å²) in [5.41, 5.74) is 3.18. The second-order valence-corrected chi connectivity index (χ2v) is 6.26. The minimum Gasteiger partial charge on any atom is -0.341 e. The van der Waals surface area contributed by atoms with E-state index in [9.17, 15) is 9.59 Å². The molecule has 0 radical (unpaired) electrons. The van der Waals surface area contributed by atoms with Crippen molar-refractivity contribution in [3.8, 4) is 0 Å². The van der Waals surface area contributed by atoms with Crippen molar-refractivity contribution in [3.05, 3.63) is 59.4 Å². The number of nitrogens with zero attached hydrogens (tertiary/aromatic N) is 3. The lowest BCUT2D eigenvalue weighted by atomic mass is 9.99. The molecule has 0 bridgehead atoms. The second kappa shape index (κ2) is 5.26. The van der Waals surface area contributed by atoms with E-state index in [-0.39, 0.29) is 11.8 Å². The van der Waals surface area contributed by atoms with Crippen LogP contribution in [0.15, 0.2) is 42.6 Å². The molecular weight excluding hydrogens is 290 g/mol. The first-order chi connectivity index (χ1) is 11.1. The van der Waals surface area contributed by atoms with Crippen LogP contribution >= 0.6 is 0 Å². The number of amides is 2. The minimum atomic E-state index is -0.423. The lowest BCUT2D eigenvalue weighted by Crippen LogP contribution is -2.55. The van der Waals surface area contributed by atoms with E-state index in [0.717, 1.165) is 6.42 Å². The van der Waals surface area contributed by atoms with Crippen molar-refractivity contribution in [3.63, 3.8) is 0 Å². The number of aromatic nitrogens is 1. The topological polar surface area (TPSA) is 45.6 Å². The zero-order valence-electron chi connectivity index (χ0n) is 13.1. The van der Waals surface area contributed by atoms with E-state index in [2.05, 4.69) is 12.1 Å². The molecule has 5 heteroatoms. The number of carbonyl (C=O) groups is 2. The summed E-state index contributed by atoms with van der Waals surface area (Å²) in [7, 11) is 1.72. The summed E-state index contributed by atoms with van der Waals surface area (Å²) in [5, 5.41) is 0. The fourth-order valence-corrected chi connectivity index (χ4v) is 3.54. The van der Waals surface area contributed by atoms with E-state index in [1.54, 1.807) is 18.0 Å². The molecule has 0 fully saturated rings. The smallest absolute Gasteiger partial charge is 0.270 e. The Morgan fingerprint density at radius 1 is 1.13 bits per heavy atom. The molecule has 1 unspecified atom stereocenters. The highest BCUT2D eigenvalue weighted by Crippen LogP contribution is 2.23. The molecule has 2 aliphatic heterocycles. The van der Waals surface area contributed by atoms with Crippen molar-refractivity contribution in [2.75, 3.05) is 13.6 Å². The number of benzene rings is 1. The SMILES string of the molecule is CN1C(=O)c2cccn2CC1C(=O)N1CCc2ccccc2C1. The Hall–Kier alpha value is -2.56. The van der Waals surface area contributed by atoms with Gasteiger partial charge in [-0.25, -0.2) is 0 Å². The van der Waals surface area contributed by atoms with Crippen LogP contribution in [0.2, 0.25) is 0 Å². The zero-order chi connectivity index (χ0) is 16.0. The van der Waals surface area contributed by atoms with Crippen LogP contribution in [0.4, 0.5) is 0 Å². The van der Waals surface area contributed by atoms with Crippen LogP contribution in [0, 0.1) is 0 Å². The van der Waals surface area contributed by atoms with E-state index < -0.39 is 6.04 Å². The summed E-state index contributed by atoms with van der Waals surface area (Å²) >= 11 is 0. The molecule has 1 aromatic carbocycles. The molecule has 1 aromatic heterocycles. The van der Waals surface area contributed by atoms with Crippen LogP contribution in [-0.4, -0.2) is 45.8 Å². The Morgan fingerprint density at radius 3 is 2.74 bits per heavy atom. The lowest BCUT2D eigenvalue weighted by molar-refractivity contribution is -0.137. The molecule has 5 nitrogen and oxygen atoms in total. The fourth-order valence-electron chi connectivity index (χ4n) is 3.54. The number of rotatable bonds is 1. The highest BCUT2D eigenvalue weighted by atomic mass is 16.2. The molecule has 0 saturated heterocycles. The number of carbonyl (C=O) groups excluding carboxylic acids is 2. The summed E-state index contributed by atoms with van der Waals surface area (Å²) in [4.78, 5) is 28.8. The maximum atomic E-state index is 13.0. The number of likely N-dealkylation sites (N-methyl/N-ethyl adjacent to an activating group) is 1. The standard InChI is InChI=1S/C18H19N3O2/c1-19-16(12-20-9-4-7-15(20)17(19)22)18(23)21-10-8-13-5-2-3-6-14(13)11-21/h2-7,9,16H,8,10-12H2,1H3. The fraction of sp³-hybridized carbons (Fsp3) is 0.333. The van der Waals surface area contributed by atoms with Crippen LogP contribution in [-0.2, 0) is 24.3 Å². The second-order valence-electron chi connectivity index (χ2n) is 6.26. The van der Waals surface area contributed by atoms with Gasteiger partial charge in [0.25, 0.3) is 5.91 Å². The highest BCUT2D eigenvalue weighted by Gasteiger charge is 2.37. The Morgan fingerprint density at radius 2 is 1.91 bits per heavy atom. The maximum Gasteiger partial charge on any atom is 0.270 e. The van der Waals surface area contributed by atoms with E-state index in [1.807, 2.05) is 33.9 Å². The van der Waals surface area contributed by atoms with Crippen molar-refractivity contribution >= 4 is 11.8 Å². The van der Waals surface area contributed by atoms with Crippen molar-refractivity contribution in [2.24, 2.45) is 0 Å². The number of hydrogen-bond acceptors (Lipinski definition) is 2. The molecule has 2 amide bonds. The molecular formula is C18H19N3O2. The van der Waals surface area contributed by atoms with Gasteiger partial charge in [-0.15, -0.1) is 0 Å². The largest absolute Gasteiger partial charge is 0.341 e. The first-order valence-corrected chi connectivity index (χ1v) is 7.93. The quantitative estimate of drug-likeness (QED) is 0.802. The van der Waals surface area contributed by atoms with Gasteiger partial charge in [-0.05, 0) is 29.7 Å². The van der Waals surface area contributed by atoms with Crippen LogP contribution < -0.4 is 0 Å². The van der Waals surface area contributed by atoms with Gasteiger partial charge >= 0.3 is 0 Å². The summed E-state index contributed by atoms with van der Waals surface area (Å²) in [6.45, 7) is 1.88. The minimum absolute atomic E-state index is 0.0368. The third-order valence-corrected chi connectivity index (χ3v) is 4.93. The number of fused-ring (bicyclic) bond motifs is 2. The van der Waals surface area contributed by atoms with Gasteiger partial charge in [-0.2, -0.15) is 0 Å². The molecule has 2 aliphatic rings. The maximum absolute atomic E-state index is 13.0. The first-order valence-electron chi connectivity index (χ1n) is 7.93. The van der Waals surface area contributed by atoms with E-state index >= 15 is 0 Å². The van der Waals surface area contributed by atoms with Gasteiger partial charge in [0.1, 0.15) is 11.7 Å². The van der Waals surface area contributed by atoms with Gasteiger partial charge in [0, 0.05) is 26.3 Å². The normalized spacial score (nSPS) is 20.2. The lowest BCUT2D eigenvalue weighted by Gasteiger charge is -2.37. The van der Waals surface area contributed by atoms with Crippen LogP contribution in [0.1, 0.15) is 21.6 Å². The Kier molecular flexibility index (Phi) is 3.22. The molecule has 4 rings (SSSR count). The van der Waals surface area contributed by atoms with Crippen molar-refractivity contribution < 1.29 is 9.59 Å².